The minimum absolute atomic E-state index is 1.16. The predicted molar refractivity (Wildman–Crippen MR) is 323 cm³/mol. The van der Waals surface area contributed by atoms with Crippen LogP contribution < -0.4 is 0 Å². The normalized spacial score (nSPS) is 11.7. The van der Waals surface area contributed by atoms with Gasteiger partial charge in [0.05, 0.1) is 22.1 Å². The molecule has 76 heavy (non-hydrogen) atoms. The summed E-state index contributed by atoms with van der Waals surface area (Å²) >= 11 is 0. The number of benzene rings is 13. The molecule has 0 amide bonds. The molecule has 2 aromatic heterocycles. The van der Waals surface area contributed by atoms with E-state index in [4.69, 9.17) is 0 Å². The summed E-state index contributed by atoms with van der Waals surface area (Å²) in [7, 11) is 0. The van der Waals surface area contributed by atoms with Gasteiger partial charge in [-0.05, 0) is 161 Å². The summed E-state index contributed by atoms with van der Waals surface area (Å²) in [6.45, 7) is 0. The zero-order valence-corrected chi connectivity index (χ0v) is 41.6. The smallest absolute Gasteiger partial charge is 0.0541 e. The van der Waals surface area contributed by atoms with Gasteiger partial charge in [-0.3, -0.25) is 0 Å². The van der Waals surface area contributed by atoms with E-state index >= 15 is 0 Å². The van der Waals surface area contributed by atoms with Crippen LogP contribution in [0.5, 0.6) is 0 Å². The SMILES string of the molecule is c1ccc(-c2ccc3c(-c4ccc(-c5ccc6c(c5)c5ccccc5n6-c5ccccc5)cc4)c4cc(-c5ccccc5)ccc4c(-c4ccc(-c5ccc6c(c5)c5ccccc5n6-c5ccccc5)cc4)c3c2)cc1. The Kier molecular flexibility index (Phi) is 10.2. The lowest BCUT2D eigenvalue weighted by Crippen LogP contribution is -1.93. The third kappa shape index (κ3) is 7.18. The zero-order valence-electron chi connectivity index (χ0n) is 41.6. The maximum absolute atomic E-state index is 2.42. The molecule has 0 N–H and O–H groups in total. The molecule has 0 radical (unpaired) electrons. The fraction of sp³-hybridized carbons (Fsp3) is 0. The Labute approximate surface area is 441 Å². The van der Waals surface area contributed by atoms with Gasteiger partial charge in [0.2, 0.25) is 0 Å². The summed E-state index contributed by atoms with van der Waals surface area (Å²) in [4.78, 5) is 0. The molecule has 0 spiro atoms. The Balaban J connectivity index is 0.896. The Morgan fingerprint density at radius 2 is 0.434 bits per heavy atom. The van der Waals surface area contributed by atoms with Crippen LogP contribution in [-0.4, -0.2) is 9.13 Å². The molecule has 0 aliphatic rings. The first-order chi connectivity index (χ1) is 37.7. The van der Waals surface area contributed by atoms with E-state index in [-0.39, 0.29) is 0 Å². The number of rotatable bonds is 8. The number of hydrogen-bond donors (Lipinski definition) is 0. The van der Waals surface area contributed by atoms with Gasteiger partial charge < -0.3 is 9.13 Å². The van der Waals surface area contributed by atoms with Gasteiger partial charge in [0, 0.05) is 32.9 Å². The molecule has 13 aromatic carbocycles. The van der Waals surface area contributed by atoms with Gasteiger partial charge in [0.25, 0.3) is 0 Å². The average Bonchev–Trinajstić information content (AvgIpc) is 4.05. The third-order valence-corrected chi connectivity index (χ3v) is 15.7. The van der Waals surface area contributed by atoms with Gasteiger partial charge in [-0.1, -0.05) is 218 Å². The molecule has 15 aromatic rings. The van der Waals surface area contributed by atoms with E-state index in [0.717, 1.165) is 11.4 Å². The van der Waals surface area contributed by atoms with Gasteiger partial charge in [-0.2, -0.15) is 0 Å². The van der Waals surface area contributed by atoms with Crippen LogP contribution in [-0.2, 0) is 0 Å². The van der Waals surface area contributed by atoms with Gasteiger partial charge >= 0.3 is 0 Å². The third-order valence-electron chi connectivity index (χ3n) is 15.7. The molecule has 2 heterocycles. The first-order valence-corrected chi connectivity index (χ1v) is 26.2. The number of fused-ring (bicyclic) bond motifs is 8. The molecule has 0 unspecified atom stereocenters. The second kappa shape index (κ2) is 17.9. The van der Waals surface area contributed by atoms with Crippen LogP contribution in [0.4, 0.5) is 0 Å². The molecule has 0 aliphatic carbocycles. The van der Waals surface area contributed by atoms with Crippen LogP contribution >= 0.6 is 0 Å². The summed E-state index contributed by atoms with van der Waals surface area (Å²) < 4.78 is 4.76. The fourth-order valence-electron chi connectivity index (χ4n) is 12.1. The maximum atomic E-state index is 2.42. The van der Waals surface area contributed by atoms with Crippen molar-refractivity contribution in [2.75, 3.05) is 0 Å². The quantitative estimate of drug-likeness (QED) is 0.134. The maximum Gasteiger partial charge on any atom is 0.0541 e. The van der Waals surface area contributed by atoms with Crippen molar-refractivity contribution in [1.82, 2.24) is 9.13 Å². The van der Waals surface area contributed by atoms with E-state index in [2.05, 4.69) is 300 Å². The first kappa shape index (κ1) is 43.6. The summed E-state index contributed by atoms with van der Waals surface area (Å²) in [5, 5.41) is 9.89. The topological polar surface area (TPSA) is 9.86 Å². The highest BCUT2D eigenvalue weighted by atomic mass is 15.0. The number of hydrogen-bond acceptors (Lipinski definition) is 0. The Morgan fingerprint density at radius 1 is 0.158 bits per heavy atom. The lowest BCUT2D eigenvalue weighted by Gasteiger charge is -2.20. The lowest BCUT2D eigenvalue weighted by molar-refractivity contribution is 1.18. The molecule has 0 aliphatic heterocycles. The van der Waals surface area contributed by atoms with Crippen LogP contribution in [0.15, 0.2) is 291 Å². The minimum atomic E-state index is 1.16. The molecular formula is C74H48N2. The molecule has 0 saturated heterocycles. The second-order valence-electron chi connectivity index (χ2n) is 20.0. The lowest BCUT2D eigenvalue weighted by atomic mass is 9.83. The number of aromatic nitrogens is 2. The van der Waals surface area contributed by atoms with Crippen molar-refractivity contribution >= 4 is 65.2 Å². The second-order valence-corrected chi connectivity index (χ2v) is 20.0. The van der Waals surface area contributed by atoms with Crippen molar-refractivity contribution in [1.29, 1.82) is 0 Å². The van der Waals surface area contributed by atoms with E-state index in [0.29, 0.717) is 0 Å². The largest absolute Gasteiger partial charge is 0.309 e. The van der Waals surface area contributed by atoms with Crippen LogP contribution in [0.25, 0.3) is 143 Å². The van der Waals surface area contributed by atoms with Crippen molar-refractivity contribution in [2.24, 2.45) is 0 Å². The van der Waals surface area contributed by atoms with Crippen molar-refractivity contribution in [3.05, 3.63) is 291 Å². The highest BCUT2D eigenvalue weighted by Gasteiger charge is 2.21. The molecule has 354 valence electrons. The highest BCUT2D eigenvalue weighted by Crippen LogP contribution is 2.47. The van der Waals surface area contributed by atoms with Crippen molar-refractivity contribution < 1.29 is 0 Å². The van der Waals surface area contributed by atoms with Crippen molar-refractivity contribution in [2.45, 2.75) is 0 Å². The summed E-state index contributed by atoms with van der Waals surface area (Å²) in [6, 6.07) is 107. The first-order valence-electron chi connectivity index (χ1n) is 26.2. The van der Waals surface area contributed by atoms with Gasteiger partial charge in [-0.15, -0.1) is 0 Å². The average molecular weight is 965 g/mol. The van der Waals surface area contributed by atoms with E-state index in [9.17, 15) is 0 Å². The summed E-state index contributed by atoms with van der Waals surface area (Å²) in [5.74, 6) is 0. The van der Waals surface area contributed by atoms with Gasteiger partial charge in [0.1, 0.15) is 0 Å². The predicted octanol–water partition coefficient (Wildman–Crippen LogP) is 20.2. The van der Waals surface area contributed by atoms with Crippen molar-refractivity contribution in [3.63, 3.8) is 0 Å². The summed E-state index contributed by atoms with van der Waals surface area (Å²) in [5.41, 5.74) is 21.5. The van der Waals surface area contributed by atoms with E-state index in [1.807, 2.05) is 0 Å². The Morgan fingerprint density at radius 3 is 0.829 bits per heavy atom. The Hall–Kier alpha value is -10.0. The molecule has 0 atom stereocenters. The highest BCUT2D eigenvalue weighted by molar-refractivity contribution is 6.23. The molecular weight excluding hydrogens is 917 g/mol. The van der Waals surface area contributed by atoms with Crippen LogP contribution in [0.3, 0.4) is 0 Å². The van der Waals surface area contributed by atoms with Crippen LogP contribution in [0.2, 0.25) is 0 Å². The fourth-order valence-corrected chi connectivity index (χ4v) is 12.1. The standard InChI is InChI=1S/C74H48N2/c1-5-17-49(18-6-1)55-37-41-63-67(47-55)73(53-33-29-51(30-34-53)57-39-43-71-65(45-57)61-25-13-15-27-69(61)75(71)59-21-9-3-10-22-59)64-42-38-56(50-19-7-2-8-20-50)48-68(64)74(63)54-35-31-52(32-36-54)58-40-44-72-66(46-58)62-26-14-16-28-70(62)76(72)60-23-11-4-12-24-60/h1-48H. The molecule has 0 bridgehead atoms. The monoisotopic (exact) mass is 964 g/mol. The van der Waals surface area contributed by atoms with Crippen molar-refractivity contribution in [3.8, 4) is 78.1 Å². The Bertz CT molecular complexity index is 4380. The van der Waals surface area contributed by atoms with Gasteiger partial charge in [0.15, 0.2) is 0 Å². The zero-order chi connectivity index (χ0) is 50.1. The van der Waals surface area contributed by atoms with E-state index in [1.54, 1.807) is 0 Å². The minimum Gasteiger partial charge on any atom is -0.309 e. The van der Waals surface area contributed by atoms with Crippen LogP contribution in [0, 0.1) is 0 Å². The molecule has 0 fully saturated rings. The number of para-hydroxylation sites is 4. The molecule has 2 heteroatoms. The van der Waals surface area contributed by atoms with E-state index < -0.39 is 0 Å². The number of nitrogens with zero attached hydrogens (tertiary/aromatic N) is 2. The van der Waals surface area contributed by atoms with Crippen LogP contribution in [0.1, 0.15) is 0 Å². The van der Waals surface area contributed by atoms with E-state index in [1.165, 1.54) is 132 Å². The van der Waals surface area contributed by atoms with Gasteiger partial charge in [-0.25, -0.2) is 0 Å². The molecule has 2 nitrogen and oxygen atoms in total. The summed E-state index contributed by atoms with van der Waals surface area (Å²) in [6.07, 6.45) is 0. The molecule has 0 saturated carbocycles. The molecule has 15 rings (SSSR count).